The highest BCUT2D eigenvalue weighted by atomic mass is 16.5. The number of carbonyl (C=O) groups is 4. The predicted octanol–water partition coefficient (Wildman–Crippen LogP) is 4.55. The van der Waals surface area contributed by atoms with Gasteiger partial charge in [0, 0.05) is 24.3 Å². The fourth-order valence-corrected chi connectivity index (χ4v) is 5.57. The van der Waals surface area contributed by atoms with Crippen molar-refractivity contribution in [2.45, 2.75) is 45.6 Å². The monoisotopic (exact) mass is 557 g/mol. The van der Waals surface area contributed by atoms with Crippen molar-refractivity contribution in [2.75, 3.05) is 13.7 Å². The highest BCUT2D eigenvalue weighted by Crippen LogP contribution is 2.56. The molecule has 2 atom stereocenters. The van der Waals surface area contributed by atoms with Crippen LogP contribution < -0.4 is 19.5 Å². The van der Waals surface area contributed by atoms with Crippen LogP contribution in [0.15, 0.2) is 54.3 Å². The Kier molecular flexibility index (Phi) is 7.29. The number of phenolic OH excluding ortho intramolecular Hbond substituents is 1. The third-order valence-electron chi connectivity index (χ3n) is 7.77. The maximum absolute atomic E-state index is 13.8. The lowest BCUT2D eigenvalue weighted by molar-refractivity contribution is -0.140. The number of hydrogen-bond donors (Lipinski definition) is 2. The Labute approximate surface area is 237 Å². The summed E-state index contributed by atoms with van der Waals surface area (Å²) in [5.41, 5.74) is -0.894. The van der Waals surface area contributed by atoms with Crippen molar-refractivity contribution >= 4 is 34.0 Å². The van der Waals surface area contributed by atoms with E-state index in [-0.39, 0.29) is 40.7 Å². The summed E-state index contributed by atoms with van der Waals surface area (Å²) in [7, 11) is 1.34. The van der Waals surface area contributed by atoms with E-state index in [2.05, 4.69) is 12.2 Å². The van der Waals surface area contributed by atoms with Gasteiger partial charge in [0.25, 0.3) is 5.91 Å². The van der Waals surface area contributed by atoms with Crippen LogP contribution in [0.1, 0.15) is 55.1 Å². The van der Waals surface area contributed by atoms with Crippen molar-refractivity contribution in [2.24, 2.45) is 5.92 Å². The summed E-state index contributed by atoms with van der Waals surface area (Å²) in [6.07, 6.45) is 2.95. The van der Waals surface area contributed by atoms with Gasteiger partial charge in [-0.3, -0.25) is 19.2 Å². The van der Waals surface area contributed by atoms with Gasteiger partial charge in [0.05, 0.1) is 19.3 Å². The number of amides is 1. The van der Waals surface area contributed by atoms with Crippen molar-refractivity contribution in [3.8, 4) is 23.0 Å². The predicted molar refractivity (Wildman–Crippen MR) is 150 cm³/mol. The molecule has 2 N–H and O–H groups in total. The summed E-state index contributed by atoms with van der Waals surface area (Å²) in [6.45, 7) is 5.35. The quantitative estimate of drug-likeness (QED) is 0.290. The summed E-state index contributed by atoms with van der Waals surface area (Å²) >= 11 is 0. The second-order valence-corrected chi connectivity index (χ2v) is 10.4. The van der Waals surface area contributed by atoms with Crippen molar-refractivity contribution in [3.05, 3.63) is 71.0 Å². The number of ether oxygens (including phenoxy) is 3. The minimum Gasteiger partial charge on any atom is -0.507 e. The number of hydrogen-bond acceptors (Lipinski definition) is 8. The molecule has 0 saturated carbocycles. The molecule has 0 radical (unpaired) electrons. The third kappa shape index (κ3) is 4.51. The van der Waals surface area contributed by atoms with Crippen LogP contribution in [0.25, 0.3) is 10.8 Å². The second-order valence-electron chi connectivity index (χ2n) is 10.4. The first-order valence-corrected chi connectivity index (χ1v) is 13.5. The van der Waals surface area contributed by atoms with Gasteiger partial charge in [-0.1, -0.05) is 43.7 Å². The molecule has 1 amide bonds. The van der Waals surface area contributed by atoms with Gasteiger partial charge in [0.1, 0.15) is 45.7 Å². The van der Waals surface area contributed by atoms with Gasteiger partial charge < -0.3 is 24.6 Å². The van der Waals surface area contributed by atoms with Crippen molar-refractivity contribution < 1.29 is 38.5 Å². The number of Topliss-reactive ketones (excluding diaryl/α,β-unsaturated/α-hetero) is 2. The Morgan fingerprint density at radius 1 is 1.12 bits per heavy atom. The van der Waals surface area contributed by atoms with Crippen LogP contribution in [0.2, 0.25) is 0 Å². The molecule has 9 heteroatoms. The van der Waals surface area contributed by atoms with Gasteiger partial charge in [0.15, 0.2) is 17.3 Å². The Morgan fingerprint density at radius 3 is 2.59 bits per heavy atom. The number of aromatic hydroxyl groups is 1. The van der Waals surface area contributed by atoms with E-state index in [9.17, 15) is 24.3 Å². The number of phenols is 1. The van der Waals surface area contributed by atoms with Crippen molar-refractivity contribution in [1.29, 1.82) is 0 Å². The molecule has 212 valence electrons. The van der Waals surface area contributed by atoms with Gasteiger partial charge >= 0.3 is 0 Å². The number of carbonyl (C=O) groups excluding carboxylic acids is 4. The first kappa shape index (κ1) is 27.9. The number of unbranched alkanes of at least 4 members (excludes halogenated alkanes) is 1. The van der Waals surface area contributed by atoms with Crippen LogP contribution >= 0.6 is 0 Å². The molecule has 5 rings (SSSR count). The molecule has 3 aromatic carbocycles. The van der Waals surface area contributed by atoms with E-state index in [1.807, 2.05) is 36.4 Å². The average molecular weight is 558 g/mol. The van der Waals surface area contributed by atoms with E-state index < -0.39 is 34.6 Å². The fraction of sp³-hybridized carbons (Fsp3) is 0.312. The van der Waals surface area contributed by atoms with E-state index >= 15 is 0 Å². The molecule has 1 aliphatic heterocycles. The van der Waals surface area contributed by atoms with Crippen LogP contribution in [-0.2, 0) is 26.3 Å². The van der Waals surface area contributed by atoms with Crippen LogP contribution in [0.3, 0.4) is 0 Å². The number of methoxy groups -OCH3 is 1. The van der Waals surface area contributed by atoms with Crippen molar-refractivity contribution in [1.82, 2.24) is 5.32 Å². The summed E-state index contributed by atoms with van der Waals surface area (Å²) in [6, 6.07) is 12.9. The molecule has 0 spiro atoms. The molecule has 9 nitrogen and oxygen atoms in total. The zero-order chi connectivity index (χ0) is 29.5. The normalized spacial score (nSPS) is 19.2. The highest BCUT2D eigenvalue weighted by Gasteiger charge is 2.58. The molecular formula is C32H31NO8. The van der Waals surface area contributed by atoms with Crippen LogP contribution in [0.4, 0.5) is 0 Å². The van der Waals surface area contributed by atoms with Crippen molar-refractivity contribution in [3.63, 3.8) is 0 Å². The molecule has 0 fully saturated rings. The van der Waals surface area contributed by atoms with Crippen LogP contribution in [-0.4, -0.2) is 42.1 Å². The number of nitrogens with one attached hydrogen (secondary N) is 1. The molecule has 1 aliphatic carbocycles. The van der Waals surface area contributed by atoms with Gasteiger partial charge in [-0.25, -0.2) is 0 Å². The smallest absolute Gasteiger partial charge is 0.259 e. The topological polar surface area (TPSA) is 128 Å². The molecule has 0 saturated heterocycles. The Hall–Kier alpha value is -4.66. The molecule has 0 bridgehead atoms. The molecule has 1 unspecified atom stereocenters. The maximum Gasteiger partial charge on any atom is 0.259 e. The van der Waals surface area contributed by atoms with E-state index in [1.165, 1.54) is 27.0 Å². The summed E-state index contributed by atoms with van der Waals surface area (Å²) in [5, 5.41) is 15.8. The lowest BCUT2D eigenvalue weighted by atomic mass is 9.67. The lowest BCUT2D eigenvalue weighted by Gasteiger charge is -2.30. The first-order valence-electron chi connectivity index (χ1n) is 13.5. The van der Waals surface area contributed by atoms with Gasteiger partial charge in [0.2, 0.25) is 0 Å². The molecule has 0 aromatic heterocycles. The van der Waals surface area contributed by atoms with Crippen LogP contribution in [0.5, 0.6) is 23.0 Å². The lowest BCUT2D eigenvalue weighted by Crippen LogP contribution is -2.47. The van der Waals surface area contributed by atoms with E-state index in [4.69, 9.17) is 14.2 Å². The molecule has 41 heavy (non-hydrogen) atoms. The summed E-state index contributed by atoms with van der Waals surface area (Å²) in [4.78, 5) is 52.1. The Bertz CT molecular complexity index is 1640. The summed E-state index contributed by atoms with van der Waals surface area (Å²) in [5.74, 6) is -3.98. The number of ketones is 3. The zero-order valence-electron chi connectivity index (χ0n) is 23.3. The minimum absolute atomic E-state index is 0.00667. The fourth-order valence-electron chi connectivity index (χ4n) is 5.57. The van der Waals surface area contributed by atoms with E-state index in [1.54, 1.807) is 0 Å². The number of allylic oxidation sites excluding steroid dienone is 2. The third-order valence-corrected chi connectivity index (χ3v) is 7.77. The Morgan fingerprint density at radius 2 is 1.88 bits per heavy atom. The standard InChI is InChI=1S/C32H31NO8/c1-5-6-13-40-23-12-11-18-9-7-8-10-19(18)20(23)16-33-31(38)27-24(39-4)14-22(36)28-29(27)41-25-15-21(35)26(17(2)34)30(37)32(25,28)3/h7-12,14-15,26,36H,5-6,13,16H2,1-4H3,(H,33,38)/t26?,32-/m1/s1. The van der Waals surface area contributed by atoms with Gasteiger partial charge in [-0.05, 0) is 37.1 Å². The SMILES string of the molecule is CCCCOc1ccc2ccccc2c1CNC(=O)c1c(OC)cc(O)c2c1OC1=CC(=O)C(C(C)=O)C(=O)[C@]12C. The van der Waals surface area contributed by atoms with Gasteiger partial charge in [-0.15, -0.1) is 0 Å². The minimum atomic E-state index is -1.64. The first-order chi connectivity index (χ1) is 19.6. The number of rotatable bonds is 9. The van der Waals surface area contributed by atoms with E-state index in [0.29, 0.717) is 12.4 Å². The number of fused-ring (bicyclic) bond motifs is 4. The number of benzene rings is 3. The van der Waals surface area contributed by atoms with Gasteiger partial charge in [-0.2, -0.15) is 0 Å². The largest absolute Gasteiger partial charge is 0.507 e. The maximum atomic E-state index is 13.8. The molecular weight excluding hydrogens is 526 g/mol. The van der Waals surface area contributed by atoms with Crippen LogP contribution in [0, 0.1) is 5.92 Å². The highest BCUT2D eigenvalue weighted by molar-refractivity contribution is 6.27. The van der Waals surface area contributed by atoms with E-state index in [0.717, 1.165) is 35.3 Å². The average Bonchev–Trinajstić information content (AvgIpc) is 3.25. The molecule has 1 heterocycles. The molecule has 3 aromatic rings. The molecule has 2 aliphatic rings. The zero-order valence-corrected chi connectivity index (χ0v) is 23.3. The Balaban J connectivity index is 1.55. The summed E-state index contributed by atoms with van der Waals surface area (Å²) < 4.78 is 17.4. The second kappa shape index (κ2) is 10.7.